The Balaban J connectivity index is 1.98. The smallest absolute Gasteiger partial charge is 0.227 e. The number of likely N-dealkylation sites (tertiary alicyclic amines) is 1. The Morgan fingerprint density at radius 1 is 1.41 bits per heavy atom. The molecule has 98 valence electrons. The average Bonchev–Trinajstić information content (AvgIpc) is 2.95. The van der Waals surface area contributed by atoms with Crippen molar-refractivity contribution >= 4 is 5.91 Å². The molecule has 0 spiro atoms. The summed E-state index contributed by atoms with van der Waals surface area (Å²) in [4.78, 5) is 14.6. The third-order valence-electron chi connectivity index (χ3n) is 5.09. The van der Waals surface area contributed by atoms with E-state index in [2.05, 4.69) is 31.0 Å². The van der Waals surface area contributed by atoms with E-state index in [9.17, 15) is 4.79 Å². The van der Waals surface area contributed by atoms with Gasteiger partial charge in [0, 0.05) is 19.1 Å². The fourth-order valence-corrected chi connectivity index (χ4v) is 3.38. The Kier molecular flexibility index (Phi) is 3.76. The molecule has 2 unspecified atom stereocenters. The van der Waals surface area contributed by atoms with Gasteiger partial charge in [-0.3, -0.25) is 4.79 Å². The number of hydrogen-bond acceptors (Lipinski definition) is 2. The van der Waals surface area contributed by atoms with Crippen LogP contribution in [-0.4, -0.2) is 36.5 Å². The number of nitrogens with zero attached hydrogens (tertiary/aromatic N) is 1. The van der Waals surface area contributed by atoms with Gasteiger partial charge in [-0.05, 0) is 44.6 Å². The van der Waals surface area contributed by atoms with Crippen LogP contribution in [-0.2, 0) is 4.79 Å². The molecule has 1 N–H and O–H groups in total. The Hall–Kier alpha value is -0.570. The van der Waals surface area contributed by atoms with Gasteiger partial charge in [0.2, 0.25) is 5.91 Å². The topological polar surface area (TPSA) is 32.3 Å². The molecule has 2 fully saturated rings. The van der Waals surface area contributed by atoms with Crippen molar-refractivity contribution in [3.05, 3.63) is 0 Å². The van der Waals surface area contributed by atoms with E-state index in [1.54, 1.807) is 0 Å². The van der Waals surface area contributed by atoms with Crippen molar-refractivity contribution in [1.82, 2.24) is 10.2 Å². The van der Waals surface area contributed by atoms with E-state index in [1.165, 1.54) is 19.3 Å². The zero-order valence-electron chi connectivity index (χ0n) is 11.5. The molecule has 1 amide bonds. The summed E-state index contributed by atoms with van der Waals surface area (Å²) in [6.45, 7) is 9.62. The van der Waals surface area contributed by atoms with Crippen molar-refractivity contribution in [3.8, 4) is 0 Å². The van der Waals surface area contributed by atoms with Crippen molar-refractivity contribution in [3.63, 3.8) is 0 Å². The molecule has 2 heterocycles. The Labute approximate surface area is 105 Å². The van der Waals surface area contributed by atoms with Gasteiger partial charge in [0.25, 0.3) is 0 Å². The molecular formula is C14H26N2O. The quantitative estimate of drug-likeness (QED) is 0.816. The van der Waals surface area contributed by atoms with Gasteiger partial charge < -0.3 is 10.2 Å². The highest BCUT2D eigenvalue weighted by Crippen LogP contribution is 2.38. The summed E-state index contributed by atoms with van der Waals surface area (Å²) < 4.78 is 0. The number of carbonyl (C=O) groups is 1. The summed E-state index contributed by atoms with van der Waals surface area (Å²) >= 11 is 0. The number of rotatable bonds is 3. The SMILES string of the molecule is CCC1(CC)CCN(C(=O)C2CCNC2C)C1. The van der Waals surface area contributed by atoms with Crippen LogP contribution in [0.2, 0.25) is 0 Å². The second kappa shape index (κ2) is 4.97. The Morgan fingerprint density at radius 3 is 2.59 bits per heavy atom. The standard InChI is InChI=1S/C14H26N2O/c1-4-14(5-2)7-9-16(10-14)13(17)12-6-8-15-11(12)3/h11-12,15H,4-10H2,1-3H3. The van der Waals surface area contributed by atoms with Crippen LogP contribution in [0.1, 0.15) is 46.5 Å². The van der Waals surface area contributed by atoms with E-state index in [-0.39, 0.29) is 5.92 Å². The van der Waals surface area contributed by atoms with Crippen molar-refractivity contribution in [2.24, 2.45) is 11.3 Å². The van der Waals surface area contributed by atoms with Gasteiger partial charge in [-0.2, -0.15) is 0 Å². The van der Waals surface area contributed by atoms with Crippen LogP contribution >= 0.6 is 0 Å². The van der Waals surface area contributed by atoms with Crippen LogP contribution in [0.15, 0.2) is 0 Å². The third kappa shape index (κ3) is 2.35. The van der Waals surface area contributed by atoms with E-state index < -0.39 is 0 Å². The van der Waals surface area contributed by atoms with E-state index in [4.69, 9.17) is 0 Å². The molecule has 0 aromatic rings. The second-order valence-corrected chi connectivity index (χ2v) is 5.85. The zero-order chi connectivity index (χ0) is 12.5. The minimum absolute atomic E-state index is 0.222. The summed E-state index contributed by atoms with van der Waals surface area (Å²) in [5.41, 5.74) is 0.408. The predicted octanol–water partition coefficient (Wildman–Crippen LogP) is 2.02. The van der Waals surface area contributed by atoms with Gasteiger partial charge in [-0.1, -0.05) is 13.8 Å². The molecule has 2 aliphatic rings. The molecule has 3 nitrogen and oxygen atoms in total. The van der Waals surface area contributed by atoms with Gasteiger partial charge in [-0.25, -0.2) is 0 Å². The molecule has 2 aliphatic heterocycles. The maximum Gasteiger partial charge on any atom is 0.227 e. The number of hydrogen-bond donors (Lipinski definition) is 1. The molecule has 17 heavy (non-hydrogen) atoms. The Morgan fingerprint density at radius 2 is 2.12 bits per heavy atom. The normalized spacial score (nSPS) is 32.1. The van der Waals surface area contributed by atoms with Gasteiger partial charge in [0.05, 0.1) is 5.92 Å². The van der Waals surface area contributed by atoms with Crippen LogP contribution in [0.3, 0.4) is 0 Å². The summed E-state index contributed by atoms with van der Waals surface area (Å²) in [6.07, 6.45) is 4.61. The maximum atomic E-state index is 12.5. The van der Waals surface area contributed by atoms with Crippen LogP contribution in [0, 0.1) is 11.3 Å². The van der Waals surface area contributed by atoms with Gasteiger partial charge in [0.15, 0.2) is 0 Å². The largest absolute Gasteiger partial charge is 0.342 e. The van der Waals surface area contributed by atoms with Gasteiger partial charge >= 0.3 is 0 Å². The first kappa shape index (κ1) is 12.9. The fourth-order valence-electron chi connectivity index (χ4n) is 3.38. The molecule has 0 aliphatic carbocycles. The Bertz CT molecular complexity index is 286. The average molecular weight is 238 g/mol. The summed E-state index contributed by atoms with van der Waals surface area (Å²) in [5, 5.41) is 3.38. The van der Waals surface area contributed by atoms with Crippen molar-refractivity contribution in [2.45, 2.75) is 52.5 Å². The molecule has 2 saturated heterocycles. The summed E-state index contributed by atoms with van der Waals surface area (Å²) in [7, 11) is 0. The molecule has 0 radical (unpaired) electrons. The van der Waals surface area contributed by atoms with Crippen molar-refractivity contribution in [2.75, 3.05) is 19.6 Å². The van der Waals surface area contributed by atoms with Gasteiger partial charge in [0.1, 0.15) is 0 Å². The molecule has 0 aromatic heterocycles. The van der Waals surface area contributed by atoms with E-state index in [0.717, 1.165) is 26.1 Å². The molecule has 3 heteroatoms. The molecule has 0 saturated carbocycles. The first-order valence-corrected chi connectivity index (χ1v) is 7.14. The predicted molar refractivity (Wildman–Crippen MR) is 69.8 cm³/mol. The lowest BCUT2D eigenvalue weighted by Crippen LogP contribution is -2.40. The molecular weight excluding hydrogens is 212 g/mol. The maximum absolute atomic E-state index is 12.5. The molecule has 0 aromatic carbocycles. The van der Waals surface area contributed by atoms with E-state index >= 15 is 0 Å². The first-order valence-electron chi connectivity index (χ1n) is 7.14. The van der Waals surface area contributed by atoms with Crippen LogP contribution in [0.4, 0.5) is 0 Å². The molecule has 2 rings (SSSR count). The second-order valence-electron chi connectivity index (χ2n) is 5.85. The number of nitrogens with one attached hydrogen (secondary N) is 1. The van der Waals surface area contributed by atoms with Crippen molar-refractivity contribution in [1.29, 1.82) is 0 Å². The van der Waals surface area contributed by atoms with E-state index in [1.807, 2.05) is 0 Å². The number of carbonyl (C=O) groups excluding carboxylic acids is 1. The minimum atomic E-state index is 0.222. The minimum Gasteiger partial charge on any atom is -0.342 e. The molecule has 0 bridgehead atoms. The van der Waals surface area contributed by atoms with Crippen LogP contribution in [0.25, 0.3) is 0 Å². The fraction of sp³-hybridized carbons (Fsp3) is 0.929. The van der Waals surface area contributed by atoms with Crippen LogP contribution < -0.4 is 5.32 Å². The number of amides is 1. The van der Waals surface area contributed by atoms with E-state index in [0.29, 0.717) is 17.4 Å². The third-order valence-corrected chi connectivity index (χ3v) is 5.09. The highest BCUT2D eigenvalue weighted by atomic mass is 16.2. The van der Waals surface area contributed by atoms with Gasteiger partial charge in [-0.15, -0.1) is 0 Å². The molecule has 2 atom stereocenters. The summed E-state index contributed by atoms with van der Waals surface area (Å²) in [6, 6.07) is 0.362. The van der Waals surface area contributed by atoms with Crippen molar-refractivity contribution < 1.29 is 4.79 Å². The van der Waals surface area contributed by atoms with Crippen LogP contribution in [0.5, 0.6) is 0 Å². The first-order chi connectivity index (χ1) is 8.12. The lowest BCUT2D eigenvalue weighted by atomic mass is 9.82. The monoisotopic (exact) mass is 238 g/mol. The highest BCUT2D eigenvalue weighted by molar-refractivity contribution is 5.80. The summed E-state index contributed by atoms with van der Waals surface area (Å²) in [5.74, 6) is 0.616. The highest BCUT2D eigenvalue weighted by Gasteiger charge is 2.40. The lowest BCUT2D eigenvalue weighted by Gasteiger charge is -2.28. The zero-order valence-corrected chi connectivity index (χ0v) is 11.5. The lowest BCUT2D eigenvalue weighted by molar-refractivity contribution is -0.135.